The first-order chi connectivity index (χ1) is 12.8. The van der Waals surface area contributed by atoms with Crippen LogP contribution in [0.1, 0.15) is 123 Å². The smallest absolute Gasteiger partial charge is 0.0468 e. The van der Waals surface area contributed by atoms with E-state index in [-0.39, 0.29) is 0 Å². The van der Waals surface area contributed by atoms with Crippen molar-refractivity contribution in [3.05, 3.63) is 0 Å². The van der Waals surface area contributed by atoms with Crippen molar-refractivity contribution >= 4 is 0 Å². The van der Waals surface area contributed by atoms with Gasteiger partial charge in [-0.3, -0.25) is 0 Å². The molecular formula is C25H48O. The molecule has 2 saturated carbocycles. The van der Waals surface area contributed by atoms with Crippen molar-refractivity contribution in [3.63, 3.8) is 0 Å². The molecule has 0 radical (unpaired) electrons. The molecule has 0 aromatic heterocycles. The molecule has 0 aromatic carbocycles. The van der Waals surface area contributed by atoms with E-state index in [1.807, 2.05) is 0 Å². The zero-order valence-electron chi connectivity index (χ0n) is 18.2. The highest BCUT2D eigenvalue weighted by molar-refractivity contribution is 4.83. The average Bonchev–Trinajstić information content (AvgIpc) is 2.69. The second-order valence-electron chi connectivity index (χ2n) is 9.45. The van der Waals surface area contributed by atoms with Crippen molar-refractivity contribution in [1.82, 2.24) is 0 Å². The van der Waals surface area contributed by atoms with Gasteiger partial charge in [0.15, 0.2) is 0 Å². The number of hydrogen-bond acceptors (Lipinski definition) is 1. The Hall–Kier alpha value is -0.0400. The molecular weight excluding hydrogens is 316 g/mol. The Morgan fingerprint density at radius 1 is 0.692 bits per heavy atom. The van der Waals surface area contributed by atoms with Crippen LogP contribution in [0.25, 0.3) is 0 Å². The van der Waals surface area contributed by atoms with E-state index in [2.05, 4.69) is 13.8 Å². The summed E-state index contributed by atoms with van der Waals surface area (Å²) in [6.45, 7) is 6.63. The van der Waals surface area contributed by atoms with E-state index in [1.165, 1.54) is 109 Å². The van der Waals surface area contributed by atoms with Gasteiger partial charge in [-0.15, -0.1) is 0 Å². The van der Waals surface area contributed by atoms with Crippen molar-refractivity contribution in [2.75, 3.05) is 13.2 Å². The van der Waals surface area contributed by atoms with Crippen LogP contribution >= 0.6 is 0 Å². The second-order valence-corrected chi connectivity index (χ2v) is 9.45. The van der Waals surface area contributed by atoms with Gasteiger partial charge in [-0.2, -0.15) is 0 Å². The molecule has 2 aliphatic rings. The summed E-state index contributed by atoms with van der Waals surface area (Å²) in [5.41, 5.74) is 0. The number of unbranched alkanes of at least 4 members (excludes halogenated alkanes) is 4. The molecule has 0 spiro atoms. The minimum atomic E-state index is 0.970. The molecule has 0 aliphatic heterocycles. The number of rotatable bonds is 13. The Morgan fingerprint density at radius 3 is 2.04 bits per heavy atom. The standard InChI is InChI=1S/C25H48O/c1-3-5-8-12-22-15-17-24(18-16-22)25(23-13-9-7-10-14-23)19-21-26-20-11-6-4-2/h22-25H,3-21H2,1-2H3. The second kappa shape index (κ2) is 14.0. The van der Waals surface area contributed by atoms with Crippen LogP contribution in [0.15, 0.2) is 0 Å². The minimum absolute atomic E-state index is 0.970. The van der Waals surface area contributed by atoms with Gasteiger partial charge in [0.25, 0.3) is 0 Å². The van der Waals surface area contributed by atoms with Gasteiger partial charge < -0.3 is 4.74 Å². The minimum Gasteiger partial charge on any atom is -0.381 e. The largest absolute Gasteiger partial charge is 0.381 e. The molecule has 0 saturated heterocycles. The van der Waals surface area contributed by atoms with Crippen molar-refractivity contribution < 1.29 is 4.74 Å². The third-order valence-corrected chi connectivity index (χ3v) is 7.46. The first-order valence-corrected chi connectivity index (χ1v) is 12.4. The molecule has 0 aromatic rings. The van der Waals surface area contributed by atoms with Crippen LogP contribution in [0.4, 0.5) is 0 Å². The van der Waals surface area contributed by atoms with Gasteiger partial charge in [0.1, 0.15) is 0 Å². The molecule has 2 fully saturated rings. The van der Waals surface area contributed by atoms with E-state index in [1.54, 1.807) is 0 Å². The number of ether oxygens (including phenoxy) is 1. The maximum Gasteiger partial charge on any atom is 0.0468 e. The SMILES string of the molecule is CCCCCOCCC(C1CCCCC1)C1CCC(CCCCC)CC1. The summed E-state index contributed by atoms with van der Waals surface area (Å²) in [4.78, 5) is 0. The van der Waals surface area contributed by atoms with Crippen molar-refractivity contribution in [2.45, 2.75) is 123 Å². The Morgan fingerprint density at radius 2 is 1.35 bits per heavy atom. The van der Waals surface area contributed by atoms with E-state index in [0.717, 1.165) is 36.9 Å². The zero-order chi connectivity index (χ0) is 18.5. The van der Waals surface area contributed by atoms with Gasteiger partial charge in [-0.25, -0.2) is 0 Å². The van der Waals surface area contributed by atoms with Gasteiger partial charge in [0, 0.05) is 13.2 Å². The summed E-state index contributed by atoms with van der Waals surface area (Å²) in [7, 11) is 0. The summed E-state index contributed by atoms with van der Waals surface area (Å²) in [5, 5.41) is 0. The van der Waals surface area contributed by atoms with Crippen LogP contribution in [-0.4, -0.2) is 13.2 Å². The fraction of sp³-hybridized carbons (Fsp3) is 1.00. The molecule has 1 atom stereocenters. The van der Waals surface area contributed by atoms with Gasteiger partial charge in [0.05, 0.1) is 0 Å². The Bertz CT molecular complexity index is 312. The highest BCUT2D eigenvalue weighted by atomic mass is 16.5. The monoisotopic (exact) mass is 364 g/mol. The first-order valence-electron chi connectivity index (χ1n) is 12.4. The lowest BCUT2D eigenvalue weighted by Crippen LogP contribution is -2.30. The summed E-state index contributed by atoms with van der Waals surface area (Å²) < 4.78 is 6.03. The zero-order valence-corrected chi connectivity index (χ0v) is 18.2. The average molecular weight is 365 g/mol. The Labute approximate surface area is 165 Å². The lowest BCUT2D eigenvalue weighted by molar-refractivity contribution is 0.0643. The lowest BCUT2D eigenvalue weighted by atomic mass is 9.66. The van der Waals surface area contributed by atoms with Crippen molar-refractivity contribution in [3.8, 4) is 0 Å². The van der Waals surface area contributed by atoms with Gasteiger partial charge in [0.2, 0.25) is 0 Å². The third kappa shape index (κ3) is 8.32. The van der Waals surface area contributed by atoms with E-state index in [9.17, 15) is 0 Å². The van der Waals surface area contributed by atoms with Gasteiger partial charge >= 0.3 is 0 Å². The maximum atomic E-state index is 6.03. The van der Waals surface area contributed by atoms with Crippen molar-refractivity contribution in [2.24, 2.45) is 23.7 Å². The third-order valence-electron chi connectivity index (χ3n) is 7.46. The molecule has 154 valence electrons. The first kappa shape index (κ1) is 22.3. The van der Waals surface area contributed by atoms with E-state index in [4.69, 9.17) is 4.74 Å². The molecule has 0 bridgehead atoms. The lowest BCUT2D eigenvalue weighted by Gasteiger charge is -2.39. The summed E-state index contributed by atoms with van der Waals surface area (Å²) in [6.07, 6.45) is 24.6. The number of hydrogen-bond donors (Lipinski definition) is 0. The summed E-state index contributed by atoms with van der Waals surface area (Å²) in [5.74, 6) is 4.05. The van der Waals surface area contributed by atoms with Crippen LogP contribution in [-0.2, 0) is 4.74 Å². The Kier molecular flexibility index (Phi) is 12.0. The molecule has 2 aliphatic carbocycles. The highest BCUT2D eigenvalue weighted by Gasteiger charge is 2.32. The highest BCUT2D eigenvalue weighted by Crippen LogP contribution is 2.43. The molecule has 0 amide bonds. The molecule has 2 rings (SSSR count). The maximum absolute atomic E-state index is 6.03. The van der Waals surface area contributed by atoms with Gasteiger partial charge in [-0.05, 0) is 49.4 Å². The van der Waals surface area contributed by atoms with Crippen molar-refractivity contribution in [1.29, 1.82) is 0 Å². The molecule has 1 heteroatoms. The molecule has 0 N–H and O–H groups in total. The fourth-order valence-corrected chi connectivity index (χ4v) is 5.78. The van der Waals surface area contributed by atoms with Crippen LogP contribution in [0.5, 0.6) is 0 Å². The van der Waals surface area contributed by atoms with Gasteiger partial charge in [-0.1, -0.05) is 97.3 Å². The van der Waals surface area contributed by atoms with E-state index >= 15 is 0 Å². The quantitative estimate of drug-likeness (QED) is 0.299. The molecule has 1 unspecified atom stereocenters. The molecule has 26 heavy (non-hydrogen) atoms. The normalized spacial score (nSPS) is 26.1. The summed E-state index contributed by atoms with van der Waals surface area (Å²) >= 11 is 0. The van der Waals surface area contributed by atoms with Crippen LogP contribution in [0.3, 0.4) is 0 Å². The summed E-state index contributed by atoms with van der Waals surface area (Å²) in [6, 6.07) is 0. The molecule has 0 heterocycles. The topological polar surface area (TPSA) is 9.23 Å². The predicted molar refractivity (Wildman–Crippen MR) is 115 cm³/mol. The van der Waals surface area contributed by atoms with Crippen LogP contribution < -0.4 is 0 Å². The Balaban J connectivity index is 1.74. The van der Waals surface area contributed by atoms with Crippen LogP contribution in [0, 0.1) is 23.7 Å². The predicted octanol–water partition coefficient (Wildman–Crippen LogP) is 8.17. The van der Waals surface area contributed by atoms with Crippen LogP contribution in [0.2, 0.25) is 0 Å². The van der Waals surface area contributed by atoms with E-state index in [0.29, 0.717) is 0 Å². The fourth-order valence-electron chi connectivity index (χ4n) is 5.78. The van der Waals surface area contributed by atoms with E-state index < -0.39 is 0 Å². The molecule has 1 nitrogen and oxygen atoms in total.